The van der Waals surface area contributed by atoms with E-state index in [0.717, 1.165) is 49.5 Å². The van der Waals surface area contributed by atoms with Crippen LogP contribution < -0.4 is 9.80 Å². The van der Waals surface area contributed by atoms with Gasteiger partial charge in [-0.25, -0.2) is 0 Å². The van der Waals surface area contributed by atoms with Gasteiger partial charge in [0, 0.05) is 43.3 Å². The topological polar surface area (TPSA) is 66.0 Å². The molecule has 0 saturated carbocycles. The van der Waals surface area contributed by atoms with Crippen LogP contribution in [-0.2, 0) is 16.0 Å². The van der Waals surface area contributed by atoms with E-state index in [9.17, 15) is 9.59 Å². The Morgan fingerprint density at radius 1 is 1.10 bits per heavy atom. The van der Waals surface area contributed by atoms with E-state index < -0.39 is 0 Å². The van der Waals surface area contributed by atoms with E-state index in [2.05, 4.69) is 14.8 Å². The number of anilines is 2. The van der Waals surface area contributed by atoms with Crippen LogP contribution in [0.15, 0.2) is 36.7 Å². The lowest BCUT2D eigenvalue weighted by Crippen LogP contribution is -2.48. The SMILES string of the molecule is CCOC(=O)CN1CCN(c2cncc(N3CCc4cc(Cl)ccc4C3=O)c2)CC1. The van der Waals surface area contributed by atoms with Crippen molar-refractivity contribution in [2.24, 2.45) is 0 Å². The minimum atomic E-state index is -0.181. The molecular formula is C22H25ClN4O3. The number of aromatic nitrogens is 1. The van der Waals surface area contributed by atoms with Crippen molar-refractivity contribution >= 4 is 34.9 Å². The number of ether oxygens (including phenoxy) is 1. The number of halogens is 1. The van der Waals surface area contributed by atoms with Crippen LogP contribution in [0, 0.1) is 0 Å². The fourth-order valence-corrected chi connectivity index (χ4v) is 4.19. The summed E-state index contributed by atoms with van der Waals surface area (Å²) < 4.78 is 5.03. The molecule has 8 heteroatoms. The van der Waals surface area contributed by atoms with Gasteiger partial charge in [0.15, 0.2) is 0 Å². The Morgan fingerprint density at radius 3 is 2.63 bits per heavy atom. The first-order chi connectivity index (χ1) is 14.5. The van der Waals surface area contributed by atoms with Crippen LogP contribution in [0.4, 0.5) is 11.4 Å². The van der Waals surface area contributed by atoms with Crippen molar-refractivity contribution in [3.8, 4) is 0 Å². The molecule has 0 spiro atoms. The second kappa shape index (κ2) is 9.02. The van der Waals surface area contributed by atoms with Gasteiger partial charge < -0.3 is 14.5 Å². The van der Waals surface area contributed by atoms with E-state index in [1.165, 1.54) is 0 Å². The average molecular weight is 429 g/mol. The highest BCUT2D eigenvalue weighted by molar-refractivity contribution is 6.30. The molecule has 0 aliphatic carbocycles. The van der Waals surface area contributed by atoms with Crippen molar-refractivity contribution in [3.63, 3.8) is 0 Å². The summed E-state index contributed by atoms with van der Waals surface area (Å²) in [5.74, 6) is -0.203. The molecule has 2 aromatic rings. The Morgan fingerprint density at radius 2 is 1.87 bits per heavy atom. The number of hydrogen-bond acceptors (Lipinski definition) is 6. The normalized spacial score (nSPS) is 17.1. The molecule has 1 aromatic carbocycles. The molecule has 0 unspecified atom stereocenters. The number of rotatable bonds is 5. The predicted octanol–water partition coefficient (Wildman–Crippen LogP) is 2.62. The van der Waals surface area contributed by atoms with Crippen molar-refractivity contribution in [2.45, 2.75) is 13.3 Å². The molecule has 2 aliphatic rings. The zero-order valence-corrected chi connectivity index (χ0v) is 17.8. The summed E-state index contributed by atoms with van der Waals surface area (Å²) in [6.07, 6.45) is 4.32. The highest BCUT2D eigenvalue weighted by atomic mass is 35.5. The van der Waals surface area contributed by atoms with Gasteiger partial charge >= 0.3 is 5.97 Å². The third-order valence-electron chi connectivity index (χ3n) is 5.56. The molecule has 30 heavy (non-hydrogen) atoms. The van der Waals surface area contributed by atoms with E-state index in [4.69, 9.17) is 16.3 Å². The van der Waals surface area contributed by atoms with Gasteiger partial charge in [-0.2, -0.15) is 0 Å². The Kier molecular flexibility index (Phi) is 6.20. The predicted molar refractivity (Wildman–Crippen MR) is 116 cm³/mol. The maximum absolute atomic E-state index is 13.0. The van der Waals surface area contributed by atoms with Crippen LogP contribution in [0.25, 0.3) is 0 Å². The second-order valence-corrected chi connectivity index (χ2v) is 7.91. The lowest BCUT2D eigenvalue weighted by molar-refractivity contribution is -0.144. The average Bonchev–Trinajstić information content (AvgIpc) is 2.75. The van der Waals surface area contributed by atoms with E-state index in [1.54, 1.807) is 23.2 Å². The molecular weight excluding hydrogens is 404 g/mol. The summed E-state index contributed by atoms with van der Waals surface area (Å²) in [6.45, 7) is 6.29. The van der Waals surface area contributed by atoms with Crippen LogP contribution in [0.3, 0.4) is 0 Å². The van der Waals surface area contributed by atoms with E-state index in [1.807, 2.05) is 25.3 Å². The van der Waals surface area contributed by atoms with E-state index in [0.29, 0.717) is 30.3 Å². The minimum absolute atomic E-state index is 0.0221. The summed E-state index contributed by atoms with van der Waals surface area (Å²) in [5, 5.41) is 0.653. The number of benzene rings is 1. The highest BCUT2D eigenvalue weighted by Gasteiger charge is 2.27. The number of pyridine rings is 1. The molecule has 0 atom stereocenters. The number of piperazine rings is 1. The molecule has 7 nitrogen and oxygen atoms in total. The number of amides is 1. The Hall–Kier alpha value is -2.64. The lowest BCUT2D eigenvalue weighted by Gasteiger charge is -2.36. The highest BCUT2D eigenvalue weighted by Crippen LogP contribution is 2.28. The van der Waals surface area contributed by atoms with Gasteiger partial charge in [-0.05, 0) is 43.2 Å². The fourth-order valence-electron chi connectivity index (χ4n) is 3.99. The summed E-state index contributed by atoms with van der Waals surface area (Å²) >= 11 is 6.07. The second-order valence-electron chi connectivity index (χ2n) is 7.48. The minimum Gasteiger partial charge on any atom is -0.465 e. The molecule has 158 valence electrons. The van der Waals surface area contributed by atoms with Crippen molar-refractivity contribution in [2.75, 3.05) is 55.7 Å². The maximum atomic E-state index is 13.0. The molecule has 0 N–H and O–H groups in total. The van der Waals surface area contributed by atoms with Gasteiger partial charge in [0.05, 0.1) is 36.9 Å². The molecule has 3 heterocycles. The van der Waals surface area contributed by atoms with Crippen molar-refractivity contribution in [1.29, 1.82) is 0 Å². The molecule has 1 saturated heterocycles. The van der Waals surface area contributed by atoms with Crippen LogP contribution in [0.1, 0.15) is 22.8 Å². The molecule has 0 radical (unpaired) electrons. The summed E-state index contributed by atoms with van der Waals surface area (Å²) in [6, 6.07) is 7.45. The van der Waals surface area contributed by atoms with Crippen LogP contribution in [0.2, 0.25) is 5.02 Å². The standard InChI is InChI=1S/C22H25ClN4O3/c1-2-30-21(28)15-25-7-9-26(10-8-25)18-12-19(14-24-13-18)27-6-5-16-11-17(23)3-4-20(16)22(27)29/h3-4,11-14H,2,5-10,15H2,1H3. The third-order valence-corrected chi connectivity index (χ3v) is 5.80. The van der Waals surface area contributed by atoms with Gasteiger partial charge in [-0.3, -0.25) is 19.5 Å². The first-order valence-electron chi connectivity index (χ1n) is 10.2. The van der Waals surface area contributed by atoms with Gasteiger partial charge in [0.1, 0.15) is 0 Å². The molecule has 4 rings (SSSR count). The third kappa shape index (κ3) is 4.42. The van der Waals surface area contributed by atoms with Gasteiger partial charge in [-0.1, -0.05) is 11.6 Å². The van der Waals surface area contributed by atoms with Crippen molar-refractivity contribution in [3.05, 3.63) is 52.8 Å². The van der Waals surface area contributed by atoms with Crippen LogP contribution in [-0.4, -0.2) is 67.6 Å². The largest absolute Gasteiger partial charge is 0.465 e. The number of nitrogens with zero attached hydrogens (tertiary/aromatic N) is 4. The van der Waals surface area contributed by atoms with Crippen LogP contribution in [0.5, 0.6) is 0 Å². The number of esters is 1. The first-order valence-corrected chi connectivity index (χ1v) is 10.6. The zero-order chi connectivity index (χ0) is 21.1. The number of fused-ring (bicyclic) bond motifs is 1. The smallest absolute Gasteiger partial charge is 0.320 e. The number of hydrogen-bond donors (Lipinski definition) is 0. The summed E-state index contributed by atoms with van der Waals surface area (Å²) in [5.41, 5.74) is 3.47. The van der Waals surface area contributed by atoms with E-state index in [-0.39, 0.29) is 11.9 Å². The molecule has 1 amide bonds. The molecule has 1 fully saturated rings. The fraction of sp³-hybridized carbons (Fsp3) is 0.409. The quantitative estimate of drug-likeness (QED) is 0.682. The van der Waals surface area contributed by atoms with Gasteiger partial charge in [0.2, 0.25) is 0 Å². The Balaban J connectivity index is 1.43. The van der Waals surface area contributed by atoms with Crippen LogP contribution >= 0.6 is 11.6 Å². The Bertz CT molecular complexity index is 944. The number of carbonyl (C=O) groups is 2. The maximum Gasteiger partial charge on any atom is 0.320 e. The van der Waals surface area contributed by atoms with Gasteiger partial charge in [0.25, 0.3) is 5.91 Å². The van der Waals surface area contributed by atoms with E-state index >= 15 is 0 Å². The molecule has 0 bridgehead atoms. The Labute approximate surface area is 181 Å². The van der Waals surface area contributed by atoms with Crippen molar-refractivity contribution < 1.29 is 14.3 Å². The van der Waals surface area contributed by atoms with Gasteiger partial charge in [-0.15, -0.1) is 0 Å². The van der Waals surface area contributed by atoms with Crippen molar-refractivity contribution in [1.82, 2.24) is 9.88 Å². The number of carbonyl (C=O) groups excluding carboxylic acids is 2. The first kappa shape index (κ1) is 20.6. The zero-order valence-electron chi connectivity index (χ0n) is 17.0. The lowest BCUT2D eigenvalue weighted by atomic mass is 9.99. The monoisotopic (exact) mass is 428 g/mol. The summed E-state index contributed by atoms with van der Waals surface area (Å²) in [7, 11) is 0. The molecule has 2 aliphatic heterocycles. The summed E-state index contributed by atoms with van der Waals surface area (Å²) in [4.78, 5) is 35.2. The molecule has 1 aromatic heterocycles.